The molecule has 1 fully saturated rings. The Kier molecular flexibility index (Phi) is 7.29. The quantitative estimate of drug-likeness (QED) is 0.244. The van der Waals surface area contributed by atoms with Crippen molar-refractivity contribution in [3.63, 3.8) is 0 Å². The number of nitrogens with one attached hydrogen (secondary N) is 1. The molecule has 10 nitrogen and oxygen atoms in total. The molecule has 1 N–H and O–H groups in total. The molecule has 2 unspecified atom stereocenters. The first kappa shape index (κ1) is 27.7. The van der Waals surface area contributed by atoms with Crippen molar-refractivity contribution in [2.75, 3.05) is 16.8 Å². The van der Waals surface area contributed by atoms with Crippen LogP contribution in [-0.2, 0) is 25.7 Å². The molecule has 6 rings (SSSR count). The van der Waals surface area contributed by atoms with E-state index in [-0.39, 0.29) is 18.7 Å². The van der Waals surface area contributed by atoms with Crippen LogP contribution in [0.4, 0.5) is 15.8 Å². The van der Waals surface area contributed by atoms with Gasteiger partial charge in [-0.15, -0.1) is 0 Å². The Hall–Kier alpha value is -4.49. The minimum Gasteiger partial charge on any atom is -0.469 e. The minimum absolute atomic E-state index is 0.210. The van der Waals surface area contributed by atoms with E-state index in [1.54, 1.807) is 19.1 Å². The second-order valence-corrected chi connectivity index (χ2v) is 11.6. The van der Waals surface area contributed by atoms with Crippen LogP contribution in [0.15, 0.2) is 81.2 Å². The van der Waals surface area contributed by atoms with Gasteiger partial charge in [0, 0.05) is 5.69 Å². The highest BCUT2D eigenvalue weighted by Gasteiger charge is 2.57. The summed E-state index contributed by atoms with van der Waals surface area (Å²) in [5, 5.41) is 2.15. The van der Waals surface area contributed by atoms with Gasteiger partial charge in [0.2, 0.25) is 17.7 Å². The summed E-state index contributed by atoms with van der Waals surface area (Å²) >= 11 is 1.96. The summed E-state index contributed by atoms with van der Waals surface area (Å²) in [6.07, 6.45) is 1.45. The van der Waals surface area contributed by atoms with Gasteiger partial charge in [-0.1, -0.05) is 23.1 Å². The number of thiazole rings is 1. The van der Waals surface area contributed by atoms with Gasteiger partial charge >= 0.3 is 10.8 Å². The molecule has 0 bridgehead atoms. The summed E-state index contributed by atoms with van der Waals surface area (Å²) in [5.41, 5.74) is 0.941. The lowest BCUT2D eigenvalue weighted by molar-refractivity contribution is -0.122. The van der Waals surface area contributed by atoms with Gasteiger partial charge in [-0.3, -0.25) is 23.7 Å². The highest BCUT2D eigenvalue weighted by Crippen LogP contribution is 2.53. The summed E-state index contributed by atoms with van der Waals surface area (Å²) in [4.78, 5) is 66.9. The largest absolute Gasteiger partial charge is 0.469 e. The standard InChI is InChI=1S/C29H22FN3O7S2/c1-2-39-28(37)15-5-11-18(12-6-15)33-25(35)22-21(19-4-3-13-40-19)24-27(41-23(22)26(33)36)32(29(38)42-24)14-20(34)31-17-9-7-16(30)8-10-17/h3-13,21-23H,2,14H2,1H3,(H,31,34)/t21-,22?,23?/m1/s1. The lowest BCUT2D eigenvalue weighted by atomic mass is 9.87. The second kappa shape index (κ2) is 11.1. The van der Waals surface area contributed by atoms with E-state index in [1.165, 1.54) is 59.4 Å². The third-order valence-corrected chi connectivity index (χ3v) is 9.57. The third-order valence-electron chi connectivity index (χ3n) is 6.97. The number of carbonyl (C=O) groups excluding carboxylic acids is 4. The summed E-state index contributed by atoms with van der Waals surface area (Å²) in [5.74, 6) is -3.63. The molecule has 214 valence electrons. The maximum Gasteiger partial charge on any atom is 0.338 e. The maximum atomic E-state index is 13.9. The molecule has 4 heterocycles. The van der Waals surface area contributed by atoms with Gasteiger partial charge in [0.15, 0.2) is 0 Å². The number of hydrogen-bond donors (Lipinski definition) is 1. The Labute approximate surface area is 246 Å². The number of benzene rings is 2. The molecule has 3 atom stereocenters. The number of hydrogen-bond acceptors (Lipinski definition) is 9. The van der Waals surface area contributed by atoms with Crippen molar-refractivity contribution in [3.8, 4) is 0 Å². The van der Waals surface area contributed by atoms with Gasteiger partial charge in [0.25, 0.3) is 0 Å². The molecule has 4 aromatic rings. The number of amides is 3. The van der Waals surface area contributed by atoms with Gasteiger partial charge in [0.1, 0.15) is 23.4 Å². The van der Waals surface area contributed by atoms with Crippen LogP contribution >= 0.6 is 23.1 Å². The van der Waals surface area contributed by atoms with Crippen molar-refractivity contribution in [1.82, 2.24) is 4.57 Å². The maximum absolute atomic E-state index is 13.9. The van der Waals surface area contributed by atoms with Crippen molar-refractivity contribution in [2.24, 2.45) is 5.92 Å². The fourth-order valence-corrected chi connectivity index (χ4v) is 7.88. The van der Waals surface area contributed by atoms with Crippen LogP contribution in [0, 0.1) is 11.7 Å². The van der Waals surface area contributed by atoms with E-state index in [0.29, 0.717) is 27.0 Å². The Morgan fingerprint density at radius 2 is 1.76 bits per heavy atom. The molecule has 42 heavy (non-hydrogen) atoms. The second-order valence-electron chi connectivity index (χ2n) is 9.52. The molecule has 3 amide bonds. The normalized spacial score (nSPS) is 19.4. The predicted molar refractivity (Wildman–Crippen MR) is 152 cm³/mol. The molecule has 2 aromatic carbocycles. The van der Waals surface area contributed by atoms with E-state index in [9.17, 15) is 28.4 Å². The molecule has 13 heteroatoms. The lowest BCUT2D eigenvalue weighted by Crippen LogP contribution is -2.32. The average molecular weight is 608 g/mol. The first-order valence-corrected chi connectivity index (χ1v) is 14.6. The van der Waals surface area contributed by atoms with Crippen molar-refractivity contribution in [1.29, 1.82) is 0 Å². The number of nitrogens with zero attached hydrogens (tertiary/aromatic N) is 2. The van der Waals surface area contributed by atoms with Gasteiger partial charge in [0.05, 0.1) is 45.9 Å². The summed E-state index contributed by atoms with van der Waals surface area (Å²) < 4.78 is 25.2. The highest BCUT2D eigenvalue weighted by atomic mass is 32.2. The third kappa shape index (κ3) is 4.84. The Balaban J connectivity index is 1.34. The zero-order chi connectivity index (χ0) is 29.5. The fraction of sp³-hybridized carbons (Fsp3) is 0.207. The molecule has 0 saturated carbocycles. The van der Waals surface area contributed by atoms with Crippen molar-refractivity contribution in [2.45, 2.75) is 29.7 Å². The lowest BCUT2D eigenvalue weighted by Gasteiger charge is -2.29. The number of esters is 1. The Morgan fingerprint density at radius 3 is 2.43 bits per heavy atom. The van der Waals surface area contributed by atoms with Crippen LogP contribution in [-0.4, -0.2) is 40.1 Å². The van der Waals surface area contributed by atoms with Crippen molar-refractivity contribution >= 4 is 58.2 Å². The highest BCUT2D eigenvalue weighted by molar-refractivity contribution is 8.00. The number of ether oxygens (including phenoxy) is 1. The van der Waals surface area contributed by atoms with Gasteiger partial charge in [-0.2, -0.15) is 0 Å². The van der Waals surface area contributed by atoms with Crippen LogP contribution in [0.1, 0.15) is 33.8 Å². The smallest absolute Gasteiger partial charge is 0.338 e. The Morgan fingerprint density at radius 1 is 1.02 bits per heavy atom. The number of furan rings is 1. The molecule has 0 spiro atoms. The van der Waals surface area contributed by atoms with Crippen LogP contribution in [0.2, 0.25) is 0 Å². The summed E-state index contributed by atoms with van der Waals surface area (Å²) in [7, 11) is 0. The molecule has 2 aliphatic heterocycles. The number of aromatic nitrogens is 1. The van der Waals surface area contributed by atoms with E-state index in [1.807, 2.05) is 0 Å². The molecule has 0 radical (unpaired) electrons. The molecule has 2 aliphatic rings. The van der Waals surface area contributed by atoms with Crippen molar-refractivity contribution in [3.05, 3.63) is 98.6 Å². The molecule has 0 aliphatic carbocycles. The zero-order valence-corrected chi connectivity index (χ0v) is 23.6. The number of rotatable bonds is 7. The average Bonchev–Trinajstić information content (AvgIpc) is 3.67. The molecule has 2 aromatic heterocycles. The number of fused-ring (bicyclic) bond motifs is 2. The van der Waals surface area contributed by atoms with Crippen LogP contribution in [0.25, 0.3) is 0 Å². The molecular weight excluding hydrogens is 585 g/mol. The first-order chi connectivity index (χ1) is 20.3. The first-order valence-electron chi connectivity index (χ1n) is 12.9. The zero-order valence-electron chi connectivity index (χ0n) is 21.9. The summed E-state index contributed by atoms with van der Waals surface area (Å²) in [6.45, 7) is 1.55. The van der Waals surface area contributed by atoms with E-state index < -0.39 is 51.5 Å². The fourth-order valence-electron chi connectivity index (χ4n) is 5.12. The van der Waals surface area contributed by atoms with Gasteiger partial charge in [-0.05, 0) is 67.6 Å². The van der Waals surface area contributed by atoms with Crippen LogP contribution in [0.5, 0.6) is 0 Å². The SMILES string of the molecule is CCOC(=O)c1ccc(N2C(=O)C3Sc4c(sc(=O)n4CC(=O)Nc4ccc(F)cc4)[C@H](c4ccco4)C3C2=O)cc1. The van der Waals surface area contributed by atoms with E-state index in [4.69, 9.17) is 9.15 Å². The minimum atomic E-state index is -0.898. The number of imide groups is 1. The summed E-state index contributed by atoms with van der Waals surface area (Å²) in [6, 6.07) is 14.6. The molecular formula is C29H22FN3O7S2. The Bertz CT molecular complexity index is 1750. The van der Waals surface area contributed by atoms with Gasteiger partial charge < -0.3 is 14.5 Å². The number of thioether (sulfide) groups is 1. The van der Waals surface area contributed by atoms with E-state index >= 15 is 0 Å². The number of anilines is 2. The van der Waals surface area contributed by atoms with Gasteiger partial charge in [-0.25, -0.2) is 14.1 Å². The van der Waals surface area contributed by atoms with E-state index in [2.05, 4.69) is 5.32 Å². The van der Waals surface area contributed by atoms with Crippen LogP contribution in [0.3, 0.4) is 0 Å². The van der Waals surface area contributed by atoms with E-state index in [0.717, 1.165) is 28.0 Å². The number of halogens is 1. The topological polar surface area (TPSA) is 128 Å². The van der Waals surface area contributed by atoms with Crippen molar-refractivity contribution < 1.29 is 32.7 Å². The monoisotopic (exact) mass is 607 g/mol. The number of carbonyl (C=O) groups is 4. The molecule has 1 saturated heterocycles. The predicted octanol–water partition coefficient (Wildman–Crippen LogP) is 4.25. The van der Waals surface area contributed by atoms with Crippen LogP contribution < -0.4 is 15.1 Å².